The van der Waals surface area contributed by atoms with E-state index in [1.807, 2.05) is 0 Å². The fourth-order valence-corrected chi connectivity index (χ4v) is 15.3. The first-order chi connectivity index (χ1) is 19.0. The van der Waals surface area contributed by atoms with Crippen LogP contribution in [0.3, 0.4) is 0 Å². The standard InChI is InChI=1S/C22H19N2O2.2C6H5.Sn/c1-13(25)23-20-12-18-17-10-6-5-9-16(17)11-19(18)21(15-7-3-4-8-15)22(20)24-14(2)26;2*1-2-4-6-5-3-1;/h3-7,9-12H,8H2,1-2H3,(H,23,25)(H,24,26);2*1-5H;. The molecular formula is C34H29N2O2Sn. The molecule has 5 heteroatoms. The van der Waals surface area contributed by atoms with Crippen molar-refractivity contribution in [3.8, 4) is 11.1 Å². The van der Waals surface area contributed by atoms with Gasteiger partial charge in [0, 0.05) is 0 Å². The van der Waals surface area contributed by atoms with Crippen molar-refractivity contribution in [3.63, 3.8) is 0 Å². The SMILES string of the molecule is CC(=O)Nc1cc2c(c(C3=CC=CC3)c1NC(C)=O)[CH]([Sn]([c]1ccccc1)[c]1ccccc1)c1ccccc1-2. The number of nitrogens with one attached hydrogen (secondary N) is 2. The van der Waals surface area contributed by atoms with E-state index in [4.69, 9.17) is 0 Å². The monoisotopic (exact) mass is 617 g/mol. The van der Waals surface area contributed by atoms with Gasteiger partial charge in [-0.2, -0.15) is 0 Å². The Balaban J connectivity index is 1.71. The third-order valence-corrected chi connectivity index (χ3v) is 16.2. The summed E-state index contributed by atoms with van der Waals surface area (Å²) in [5.41, 5.74) is 8.47. The molecule has 4 aromatic carbocycles. The van der Waals surface area contributed by atoms with Crippen molar-refractivity contribution in [1.82, 2.24) is 0 Å². The molecule has 0 aliphatic heterocycles. The molecule has 4 nitrogen and oxygen atoms in total. The normalized spacial score (nSPS) is 15.1. The maximum atomic E-state index is 12.5. The van der Waals surface area contributed by atoms with Gasteiger partial charge in [-0.05, 0) is 0 Å². The summed E-state index contributed by atoms with van der Waals surface area (Å²) in [6, 6.07) is 32.7. The Labute approximate surface area is 236 Å². The molecule has 0 aromatic heterocycles. The third-order valence-electron chi connectivity index (χ3n) is 7.38. The number of allylic oxidation sites excluding steroid dienone is 4. The molecule has 4 aromatic rings. The van der Waals surface area contributed by atoms with Crippen LogP contribution < -0.4 is 17.8 Å². The van der Waals surface area contributed by atoms with E-state index in [-0.39, 0.29) is 15.7 Å². The summed E-state index contributed by atoms with van der Waals surface area (Å²) < 4.78 is 3.05. The molecule has 39 heavy (non-hydrogen) atoms. The van der Waals surface area contributed by atoms with E-state index < -0.39 is 19.8 Å². The van der Waals surface area contributed by atoms with Crippen LogP contribution in [0.15, 0.2) is 109 Å². The molecule has 0 heterocycles. The Morgan fingerprint density at radius 3 is 1.97 bits per heavy atom. The molecule has 0 bridgehead atoms. The average molecular weight is 616 g/mol. The van der Waals surface area contributed by atoms with Gasteiger partial charge in [-0.1, -0.05) is 0 Å². The van der Waals surface area contributed by atoms with Gasteiger partial charge >= 0.3 is 237 Å². The molecular weight excluding hydrogens is 587 g/mol. The Hall–Kier alpha value is -3.90. The Bertz CT molecular complexity index is 1600. The van der Waals surface area contributed by atoms with E-state index in [1.54, 1.807) is 0 Å². The average Bonchev–Trinajstić information content (AvgIpc) is 3.57. The first-order valence-electron chi connectivity index (χ1n) is 13.2. The van der Waals surface area contributed by atoms with Gasteiger partial charge in [-0.25, -0.2) is 0 Å². The van der Waals surface area contributed by atoms with Gasteiger partial charge in [-0.3, -0.25) is 0 Å². The van der Waals surface area contributed by atoms with Crippen LogP contribution in [-0.4, -0.2) is 31.6 Å². The number of hydrogen-bond acceptors (Lipinski definition) is 2. The van der Waals surface area contributed by atoms with Gasteiger partial charge in [-0.15, -0.1) is 0 Å². The Morgan fingerprint density at radius 2 is 1.38 bits per heavy atom. The minimum atomic E-state index is -2.70. The first kappa shape index (κ1) is 25.4. The van der Waals surface area contributed by atoms with E-state index >= 15 is 0 Å². The molecule has 2 aliphatic carbocycles. The maximum absolute atomic E-state index is 12.5. The topological polar surface area (TPSA) is 58.2 Å². The third kappa shape index (κ3) is 4.74. The summed E-state index contributed by atoms with van der Waals surface area (Å²) in [7, 11) is 0. The second kappa shape index (κ2) is 10.7. The zero-order valence-electron chi connectivity index (χ0n) is 22.0. The van der Waals surface area contributed by atoms with E-state index in [0.717, 1.165) is 23.1 Å². The second-order valence-corrected chi connectivity index (χ2v) is 17.3. The molecule has 1 unspecified atom stereocenters. The minimum absolute atomic E-state index is 0.161. The Morgan fingerprint density at radius 1 is 0.769 bits per heavy atom. The van der Waals surface area contributed by atoms with Crippen LogP contribution in [0, 0.1) is 0 Å². The summed E-state index contributed by atoms with van der Waals surface area (Å²) >= 11 is -2.70. The fraction of sp³-hybridized carbons (Fsp3) is 0.118. The number of carbonyl (C=O) groups is 2. The number of hydrogen-bond donors (Lipinski definition) is 2. The van der Waals surface area contributed by atoms with Crippen LogP contribution in [0.2, 0.25) is 0 Å². The van der Waals surface area contributed by atoms with Gasteiger partial charge in [0.2, 0.25) is 0 Å². The molecule has 2 amide bonds. The molecule has 0 saturated heterocycles. The number of carbonyl (C=O) groups excluding carboxylic acids is 2. The van der Waals surface area contributed by atoms with E-state index in [9.17, 15) is 9.59 Å². The number of rotatable bonds is 6. The summed E-state index contributed by atoms with van der Waals surface area (Å²) in [5.74, 6) is -0.329. The molecule has 1 radical (unpaired) electrons. The number of fused-ring (bicyclic) bond motifs is 3. The summed E-state index contributed by atoms with van der Waals surface area (Å²) in [4.78, 5) is 24.9. The Kier molecular flexibility index (Phi) is 6.96. The summed E-state index contributed by atoms with van der Waals surface area (Å²) in [6.07, 6.45) is 7.15. The molecule has 0 spiro atoms. The first-order valence-corrected chi connectivity index (χ1v) is 17.7. The number of amides is 2. The van der Waals surface area contributed by atoms with Gasteiger partial charge in [0.25, 0.3) is 0 Å². The van der Waals surface area contributed by atoms with Crippen LogP contribution in [0.1, 0.15) is 40.9 Å². The molecule has 2 aliphatic rings. The van der Waals surface area contributed by atoms with Crippen molar-refractivity contribution in [2.24, 2.45) is 0 Å². The molecule has 2 N–H and O–H groups in total. The molecule has 1 atom stereocenters. The van der Waals surface area contributed by atoms with Crippen LogP contribution in [0.5, 0.6) is 0 Å². The van der Waals surface area contributed by atoms with E-state index in [1.165, 1.54) is 37.7 Å². The zero-order valence-corrected chi connectivity index (χ0v) is 24.8. The quantitative estimate of drug-likeness (QED) is 0.265. The van der Waals surface area contributed by atoms with Crippen LogP contribution in [0.25, 0.3) is 16.7 Å². The van der Waals surface area contributed by atoms with Gasteiger partial charge in [0.15, 0.2) is 0 Å². The molecule has 191 valence electrons. The van der Waals surface area contributed by atoms with Crippen LogP contribution in [-0.2, 0) is 9.59 Å². The zero-order chi connectivity index (χ0) is 26.9. The van der Waals surface area contributed by atoms with Gasteiger partial charge in [0.1, 0.15) is 0 Å². The molecule has 0 saturated carbocycles. The van der Waals surface area contributed by atoms with Crippen molar-refractivity contribution in [1.29, 1.82) is 0 Å². The van der Waals surface area contributed by atoms with E-state index in [2.05, 4.69) is 120 Å². The summed E-state index contributed by atoms with van der Waals surface area (Å²) in [6.45, 7) is 3.03. The van der Waals surface area contributed by atoms with Crippen molar-refractivity contribution < 1.29 is 9.59 Å². The fourth-order valence-electron chi connectivity index (χ4n) is 5.97. The van der Waals surface area contributed by atoms with Crippen molar-refractivity contribution in [2.45, 2.75) is 24.2 Å². The van der Waals surface area contributed by atoms with Crippen LogP contribution >= 0.6 is 0 Å². The number of benzene rings is 4. The summed E-state index contributed by atoms with van der Waals surface area (Å²) in [5, 5.41) is 6.14. The predicted octanol–water partition coefficient (Wildman–Crippen LogP) is 5.91. The predicted molar refractivity (Wildman–Crippen MR) is 162 cm³/mol. The molecule has 6 rings (SSSR count). The van der Waals surface area contributed by atoms with Gasteiger partial charge < -0.3 is 0 Å². The van der Waals surface area contributed by atoms with Crippen molar-refractivity contribution >= 4 is 55.7 Å². The second-order valence-electron chi connectivity index (χ2n) is 9.99. The van der Waals surface area contributed by atoms with Gasteiger partial charge in [0.05, 0.1) is 0 Å². The van der Waals surface area contributed by atoms with Crippen molar-refractivity contribution in [3.05, 3.63) is 126 Å². The van der Waals surface area contributed by atoms with Crippen molar-refractivity contribution in [2.75, 3.05) is 10.6 Å². The van der Waals surface area contributed by atoms with Crippen LogP contribution in [0.4, 0.5) is 11.4 Å². The number of anilines is 2. The van der Waals surface area contributed by atoms with E-state index in [0.29, 0.717) is 11.4 Å². The molecule has 0 fully saturated rings.